The Bertz CT molecular complexity index is 870. The molecule has 0 aliphatic heterocycles. The monoisotopic (exact) mass is 310 g/mol. The topological polar surface area (TPSA) is 80.8 Å². The number of rotatable bonds is 4. The summed E-state index contributed by atoms with van der Waals surface area (Å²) in [5.41, 5.74) is 2.78. The lowest BCUT2D eigenvalue weighted by atomic mass is 10.1. The summed E-state index contributed by atoms with van der Waals surface area (Å²) >= 11 is 0. The molecule has 4 rings (SSSR count). The van der Waals surface area contributed by atoms with Crippen LogP contribution in [0.3, 0.4) is 0 Å². The summed E-state index contributed by atoms with van der Waals surface area (Å²) in [6.07, 6.45) is 3.85. The van der Waals surface area contributed by atoms with Gasteiger partial charge in [-0.3, -0.25) is 0 Å². The van der Waals surface area contributed by atoms with E-state index in [0.29, 0.717) is 23.9 Å². The lowest BCUT2D eigenvalue weighted by molar-refractivity contribution is 0.374. The second-order valence-electron chi connectivity index (χ2n) is 6.16. The molecule has 0 amide bonds. The minimum absolute atomic E-state index is 0.468. The summed E-state index contributed by atoms with van der Waals surface area (Å²) < 4.78 is 5.32. The van der Waals surface area contributed by atoms with Crippen LogP contribution in [-0.2, 0) is 6.54 Å². The van der Waals surface area contributed by atoms with Gasteiger partial charge in [-0.1, -0.05) is 5.16 Å². The highest BCUT2D eigenvalue weighted by Gasteiger charge is 2.29. The van der Waals surface area contributed by atoms with Crippen LogP contribution >= 0.6 is 0 Å². The van der Waals surface area contributed by atoms with E-state index in [1.54, 1.807) is 6.33 Å². The van der Waals surface area contributed by atoms with Gasteiger partial charge >= 0.3 is 0 Å². The Balaban J connectivity index is 1.67. The third-order valence-electron chi connectivity index (χ3n) is 4.06. The normalized spacial score (nSPS) is 14.4. The van der Waals surface area contributed by atoms with E-state index >= 15 is 0 Å². The molecule has 0 saturated heterocycles. The van der Waals surface area contributed by atoms with Crippen LogP contribution in [0.25, 0.3) is 11.0 Å². The molecule has 0 radical (unpaired) electrons. The average Bonchev–Trinajstić information content (AvgIpc) is 3.26. The molecule has 3 aromatic heterocycles. The Hall–Kier alpha value is -2.57. The van der Waals surface area contributed by atoms with Gasteiger partial charge < -0.3 is 9.42 Å². The van der Waals surface area contributed by atoms with E-state index in [0.717, 1.165) is 41.2 Å². The van der Waals surface area contributed by atoms with Crippen LogP contribution in [0.15, 0.2) is 16.9 Å². The third kappa shape index (κ3) is 2.62. The first-order valence-corrected chi connectivity index (χ1v) is 7.74. The Morgan fingerprint density at radius 2 is 2.04 bits per heavy atom. The van der Waals surface area contributed by atoms with Gasteiger partial charge in [0.2, 0.25) is 5.89 Å². The molecule has 23 heavy (non-hydrogen) atoms. The van der Waals surface area contributed by atoms with Crippen molar-refractivity contribution in [2.24, 2.45) is 0 Å². The lowest BCUT2D eigenvalue weighted by Gasteiger charge is -2.18. The van der Waals surface area contributed by atoms with Crippen LogP contribution in [0.5, 0.6) is 0 Å². The first-order chi connectivity index (χ1) is 11.1. The van der Waals surface area contributed by atoms with E-state index in [2.05, 4.69) is 32.0 Å². The number of fused-ring (bicyclic) bond motifs is 1. The zero-order valence-electron chi connectivity index (χ0n) is 13.4. The molecule has 3 aromatic rings. The molecule has 0 atom stereocenters. The van der Waals surface area contributed by atoms with Crippen molar-refractivity contribution in [2.45, 2.75) is 39.2 Å². The molecule has 1 saturated carbocycles. The maximum absolute atomic E-state index is 5.32. The molecule has 118 valence electrons. The largest absolute Gasteiger partial charge is 0.351 e. The van der Waals surface area contributed by atoms with Gasteiger partial charge in [-0.2, -0.15) is 4.98 Å². The predicted octanol–water partition coefficient (Wildman–Crippen LogP) is 2.54. The zero-order valence-corrected chi connectivity index (χ0v) is 13.4. The van der Waals surface area contributed by atoms with Crippen LogP contribution in [0, 0.1) is 13.8 Å². The number of pyridine rings is 1. The fourth-order valence-electron chi connectivity index (χ4n) is 2.79. The maximum Gasteiger partial charge on any atom is 0.229 e. The van der Waals surface area contributed by atoms with Gasteiger partial charge in [0.15, 0.2) is 11.5 Å². The molecule has 0 unspecified atom stereocenters. The number of hydrogen-bond donors (Lipinski definition) is 0. The van der Waals surface area contributed by atoms with Crippen molar-refractivity contribution in [1.29, 1.82) is 0 Å². The van der Waals surface area contributed by atoms with Gasteiger partial charge in [-0.25, -0.2) is 15.0 Å². The van der Waals surface area contributed by atoms with Crippen LogP contribution in [0.1, 0.15) is 41.7 Å². The number of anilines is 1. The second kappa shape index (κ2) is 5.26. The SMILES string of the molecule is Cc1cc(C)c2c(N(C)Cc3noc(C4CC4)n3)ncnc2n1. The van der Waals surface area contributed by atoms with Gasteiger partial charge in [0.05, 0.1) is 11.9 Å². The molecule has 7 nitrogen and oxygen atoms in total. The minimum atomic E-state index is 0.468. The van der Waals surface area contributed by atoms with Gasteiger partial charge in [0.1, 0.15) is 12.1 Å². The summed E-state index contributed by atoms with van der Waals surface area (Å²) in [5, 5.41) is 5.04. The van der Waals surface area contributed by atoms with E-state index in [1.807, 2.05) is 24.9 Å². The Morgan fingerprint density at radius 1 is 1.22 bits per heavy atom. The molecule has 1 aliphatic carbocycles. The van der Waals surface area contributed by atoms with Crippen LogP contribution in [0.2, 0.25) is 0 Å². The first-order valence-electron chi connectivity index (χ1n) is 7.74. The smallest absolute Gasteiger partial charge is 0.229 e. The average molecular weight is 310 g/mol. The van der Waals surface area contributed by atoms with E-state index in [1.165, 1.54) is 0 Å². The molecule has 0 bridgehead atoms. The molecule has 1 aliphatic rings. The van der Waals surface area contributed by atoms with Crippen LogP contribution in [0.4, 0.5) is 5.82 Å². The molecule has 0 N–H and O–H groups in total. The quantitative estimate of drug-likeness (QED) is 0.732. The van der Waals surface area contributed by atoms with Gasteiger partial charge in [0, 0.05) is 18.7 Å². The van der Waals surface area contributed by atoms with Crippen molar-refractivity contribution >= 4 is 16.9 Å². The van der Waals surface area contributed by atoms with Crippen molar-refractivity contribution in [2.75, 3.05) is 11.9 Å². The molecule has 7 heteroatoms. The van der Waals surface area contributed by atoms with Gasteiger partial charge in [-0.05, 0) is 38.3 Å². The number of nitrogens with zero attached hydrogens (tertiary/aromatic N) is 6. The number of hydrogen-bond acceptors (Lipinski definition) is 7. The van der Waals surface area contributed by atoms with Crippen molar-refractivity contribution in [3.63, 3.8) is 0 Å². The molecular formula is C16H18N6O. The van der Waals surface area contributed by atoms with Gasteiger partial charge in [0.25, 0.3) is 0 Å². The lowest BCUT2D eigenvalue weighted by Crippen LogP contribution is -2.19. The Morgan fingerprint density at radius 3 is 2.83 bits per heavy atom. The predicted molar refractivity (Wildman–Crippen MR) is 85.2 cm³/mol. The summed E-state index contributed by atoms with van der Waals surface area (Å²) in [7, 11) is 1.97. The summed E-state index contributed by atoms with van der Waals surface area (Å²) in [6.45, 7) is 4.56. The standard InChI is InChI=1S/C16H18N6O/c1-9-6-10(2)19-14-13(9)15(18-8-17-14)22(3)7-12-20-16(23-21-12)11-4-5-11/h6,8,11H,4-5,7H2,1-3H3. The van der Waals surface area contributed by atoms with Crippen LogP contribution < -0.4 is 4.90 Å². The molecule has 0 aromatic carbocycles. The molecule has 3 heterocycles. The second-order valence-corrected chi connectivity index (χ2v) is 6.16. The van der Waals surface area contributed by atoms with Crippen molar-refractivity contribution < 1.29 is 4.52 Å². The highest BCUT2D eigenvalue weighted by Crippen LogP contribution is 2.38. The van der Waals surface area contributed by atoms with Crippen molar-refractivity contribution in [3.05, 3.63) is 35.4 Å². The fraction of sp³-hybridized carbons (Fsp3) is 0.438. The summed E-state index contributed by atoms with van der Waals surface area (Å²) in [6, 6.07) is 2.04. The summed E-state index contributed by atoms with van der Waals surface area (Å²) in [5.74, 6) is 2.74. The van der Waals surface area contributed by atoms with E-state index in [-0.39, 0.29) is 0 Å². The highest BCUT2D eigenvalue weighted by atomic mass is 16.5. The fourth-order valence-corrected chi connectivity index (χ4v) is 2.79. The minimum Gasteiger partial charge on any atom is -0.351 e. The van der Waals surface area contributed by atoms with E-state index in [9.17, 15) is 0 Å². The molecule has 1 fully saturated rings. The molecular weight excluding hydrogens is 292 g/mol. The van der Waals surface area contributed by atoms with E-state index in [4.69, 9.17) is 4.52 Å². The molecule has 0 spiro atoms. The highest BCUT2D eigenvalue weighted by molar-refractivity contribution is 5.89. The summed E-state index contributed by atoms with van der Waals surface area (Å²) in [4.78, 5) is 19.7. The van der Waals surface area contributed by atoms with E-state index < -0.39 is 0 Å². The van der Waals surface area contributed by atoms with Gasteiger partial charge in [-0.15, -0.1) is 0 Å². The maximum atomic E-state index is 5.32. The van der Waals surface area contributed by atoms with Crippen molar-refractivity contribution in [3.8, 4) is 0 Å². The first kappa shape index (κ1) is 14.0. The Kier molecular flexibility index (Phi) is 3.21. The zero-order chi connectivity index (χ0) is 16.0. The Labute approximate surface area is 133 Å². The number of aryl methyl sites for hydroxylation is 2. The third-order valence-corrected chi connectivity index (χ3v) is 4.06. The van der Waals surface area contributed by atoms with Crippen molar-refractivity contribution in [1.82, 2.24) is 25.1 Å². The van der Waals surface area contributed by atoms with Crippen LogP contribution in [-0.4, -0.2) is 32.1 Å². The number of aromatic nitrogens is 5.